The predicted molar refractivity (Wildman–Crippen MR) is 114 cm³/mol. The number of fused-ring (bicyclic) bond motifs is 2. The first-order chi connectivity index (χ1) is 14.4. The normalized spacial score (nSPS) is 21.3. The zero-order chi connectivity index (χ0) is 21.3. The molecule has 1 saturated heterocycles. The molecule has 1 aliphatic carbocycles. The minimum Gasteiger partial charge on any atom is -0.352 e. The van der Waals surface area contributed by atoms with Gasteiger partial charge in [-0.15, -0.1) is 0 Å². The van der Waals surface area contributed by atoms with E-state index < -0.39 is 11.6 Å². The van der Waals surface area contributed by atoms with Crippen molar-refractivity contribution < 1.29 is 14.4 Å². The number of urea groups is 1. The molecule has 30 heavy (non-hydrogen) atoms. The molecular weight excluding hydrogens is 402 g/mol. The second kappa shape index (κ2) is 8.11. The van der Waals surface area contributed by atoms with Crippen molar-refractivity contribution in [2.75, 3.05) is 6.54 Å². The minimum absolute atomic E-state index is 0.166. The second-order valence-electron chi connectivity index (χ2n) is 8.04. The number of aryl methyl sites for hydroxylation is 1. The van der Waals surface area contributed by atoms with Crippen LogP contribution in [0.3, 0.4) is 0 Å². The average molecular weight is 426 g/mol. The van der Waals surface area contributed by atoms with E-state index in [0.717, 1.165) is 34.4 Å². The van der Waals surface area contributed by atoms with Crippen molar-refractivity contribution in [1.82, 2.24) is 15.5 Å². The number of halogens is 1. The summed E-state index contributed by atoms with van der Waals surface area (Å²) in [5.41, 5.74) is 1.85. The molecule has 2 aromatic carbocycles. The van der Waals surface area contributed by atoms with Crippen LogP contribution in [0, 0.1) is 0 Å². The van der Waals surface area contributed by atoms with Gasteiger partial charge in [-0.2, -0.15) is 0 Å². The lowest BCUT2D eigenvalue weighted by atomic mass is 9.76. The predicted octanol–water partition coefficient (Wildman–Crippen LogP) is 3.17. The van der Waals surface area contributed by atoms with Crippen molar-refractivity contribution in [2.45, 2.75) is 44.2 Å². The summed E-state index contributed by atoms with van der Waals surface area (Å²) in [7, 11) is 0. The van der Waals surface area contributed by atoms with Crippen LogP contribution in [0.25, 0.3) is 0 Å². The van der Waals surface area contributed by atoms with Gasteiger partial charge in [-0.05, 0) is 61.4 Å². The lowest BCUT2D eigenvalue weighted by molar-refractivity contribution is -0.135. The summed E-state index contributed by atoms with van der Waals surface area (Å²) in [6.45, 7) is 1.58. The van der Waals surface area contributed by atoms with E-state index in [2.05, 4.69) is 10.6 Å². The molecule has 2 N–H and O–H groups in total. The number of nitrogens with one attached hydrogen (secondary N) is 2. The largest absolute Gasteiger partial charge is 0.352 e. The van der Waals surface area contributed by atoms with Gasteiger partial charge in [0.05, 0.1) is 0 Å². The molecule has 6 nitrogen and oxygen atoms in total. The Balaban J connectivity index is 1.43. The Morgan fingerprint density at radius 2 is 2.03 bits per heavy atom. The van der Waals surface area contributed by atoms with Gasteiger partial charge in [0.2, 0.25) is 5.91 Å². The molecule has 2 atom stereocenters. The molecule has 156 valence electrons. The van der Waals surface area contributed by atoms with Crippen LogP contribution >= 0.6 is 11.6 Å². The number of carbonyl (C=O) groups excluding carboxylic acids is 3. The van der Waals surface area contributed by atoms with E-state index >= 15 is 0 Å². The Hall–Kier alpha value is -2.86. The molecule has 4 amide bonds. The standard InChI is InChI=1S/C23H24ClN3O3/c1-15(12-16-6-4-9-18(24)13-16)25-20(28)14-27-21(29)23(26-22(27)30)11-5-8-17-7-2-3-10-19(17)23/h2-4,6-7,9-10,13,15H,5,8,11-12,14H2,1H3,(H,25,28)(H,26,30)/t15-,23+/m1/s1. The summed E-state index contributed by atoms with van der Waals surface area (Å²) >= 11 is 6.01. The number of amides is 4. The van der Waals surface area contributed by atoms with Gasteiger partial charge in [-0.1, -0.05) is 48.0 Å². The summed E-state index contributed by atoms with van der Waals surface area (Å²) in [6, 6.07) is 14.5. The molecule has 2 aliphatic rings. The molecule has 4 rings (SSSR count). The first-order valence-corrected chi connectivity index (χ1v) is 10.5. The van der Waals surface area contributed by atoms with Crippen LogP contribution in [0.5, 0.6) is 0 Å². The molecule has 0 aromatic heterocycles. The number of carbonyl (C=O) groups is 3. The van der Waals surface area contributed by atoms with Crippen molar-refractivity contribution in [3.8, 4) is 0 Å². The number of benzene rings is 2. The molecule has 0 bridgehead atoms. The van der Waals surface area contributed by atoms with Gasteiger partial charge in [0.25, 0.3) is 5.91 Å². The summed E-state index contributed by atoms with van der Waals surface area (Å²) in [5.74, 6) is -0.716. The van der Waals surface area contributed by atoms with Crippen LogP contribution in [-0.4, -0.2) is 35.3 Å². The number of nitrogens with zero attached hydrogens (tertiary/aromatic N) is 1. The Kier molecular flexibility index (Phi) is 5.52. The van der Waals surface area contributed by atoms with Gasteiger partial charge < -0.3 is 10.6 Å². The lowest BCUT2D eigenvalue weighted by Gasteiger charge is -2.33. The maximum atomic E-state index is 13.3. The molecule has 1 fully saturated rings. The van der Waals surface area contributed by atoms with Gasteiger partial charge in [0, 0.05) is 11.1 Å². The maximum Gasteiger partial charge on any atom is 0.325 e. The topological polar surface area (TPSA) is 78.5 Å². The van der Waals surface area contributed by atoms with Crippen LogP contribution < -0.4 is 10.6 Å². The molecular formula is C23H24ClN3O3. The van der Waals surface area contributed by atoms with Crippen LogP contribution in [-0.2, 0) is 28.0 Å². The van der Waals surface area contributed by atoms with Gasteiger partial charge >= 0.3 is 6.03 Å². The highest BCUT2D eigenvalue weighted by molar-refractivity contribution is 6.30. The van der Waals surface area contributed by atoms with Crippen LogP contribution in [0.2, 0.25) is 5.02 Å². The third-order valence-corrected chi connectivity index (χ3v) is 6.03. The summed E-state index contributed by atoms with van der Waals surface area (Å²) < 4.78 is 0. The van der Waals surface area contributed by atoms with E-state index in [1.54, 1.807) is 6.07 Å². The fraction of sp³-hybridized carbons (Fsp3) is 0.348. The SMILES string of the molecule is C[C@H](Cc1cccc(Cl)c1)NC(=O)CN1C(=O)N[C@]2(CCCc3ccccc32)C1=O. The Labute approximate surface area is 180 Å². The van der Waals surface area contributed by atoms with E-state index in [1.807, 2.05) is 49.4 Å². The third kappa shape index (κ3) is 3.79. The molecule has 1 heterocycles. The van der Waals surface area contributed by atoms with E-state index in [-0.39, 0.29) is 24.4 Å². The first kappa shape index (κ1) is 20.4. The highest BCUT2D eigenvalue weighted by Crippen LogP contribution is 2.39. The highest BCUT2D eigenvalue weighted by atomic mass is 35.5. The van der Waals surface area contributed by atoms with E-state index in [0.29, 0.717) is 17.9 Å². The van der Waals surface area contributed by atoms with Crippen molar-refractivity contribution in [1.29, 1.82) is 0 Å². The zero-order valence-corrected chi connectivity index (χ0v) is 17.5. The Morgan fingerprint density at radius 3 is 2.83 bits per heavy atom. The molecule has 7 heteroatoms. The number of imide groups is 1. The highest BCUT2D eigenvalue weighted by Gasteiger charge is 2.54. The second-order valence-corrected chi connectivity index (χ2v) is 8.48. The van der Waals surface area contributed by atoms with Crippen LogP contribution in [0.1, 0.15) is 36.5 Å². The van der Waals surface area contributed by atoms with Gasteiger partial charge in [-0.25, -0.2) is 4.79 Å². The monoisotopic (exact) mass is 425 g/mol. The summed E-state index contributed by atoms with van der Waals surface area (Å²) in [4.78, 5) is 39.5. The summed E-state index contributed by atoms with van der Waals surface area (Å²) in [6.07, 6.45) is 2.82. The molecule has 1 spiro atoms. The molecule has 2 aromatic rings. The molecule has 1 aliphatic heterocycles. The lowest BCUT2D eigenvalue weighted by Crippen LogP contribution is -2.47. The zero-order valence-electron chi connectivity index (χ0n) is 16.8. The van der Waals surface area contributed by atoms with Crippen molar-refractivity contribution in [3.63, 3.8) is 0 Å². The van der Waals surface area contributed by atoms with Crippen molar-refractivity contribution in [3.05, 3.63) is 70.2 Å². The average Bonchev–Trinajstić information content (AvgIpc) is 2.93. The summed E-state index contributed by atoms with van der Waals surface area (Å²) in [5, 5.41) is 6.39. The van der Waals surface area contributed by atoms with E-state index in [4.69, 9.17) is 11.6 Å². The maximum absolute atomic E-state index is 13.3. The van der Waals surface area contributed by atoms with Crippen LogP contribution in [0.4, 0.5) is 4.79 Å². The fourth-order valence-corrected chi connectivity index (χ4v) is 4.70. The van der Waals surface area contributed by atoms with Crippen molar-refractivity contribution in [2.24, 2.45) is 0 Å². The number of rotatable bonds is 5. The van der Waals surface area contributed by atoms with E-state index in [9.17, 15) is 14.4 Å². The number of hydrogen-bond donors (Lipinski definition) is 2. The first-order valence-electron chi connectivity index (χ1n) is 10.2. The quantitative estimate of drug-likeness (QED) is 0.722. The van der Waals surface area contributed by atoms with Gasteiger partial charge in [-0.3, -0.25) is 14.5 Å². The number of hydrogen-bond acceptors (Lipinski definition) is 3. The molecule has 0 radical (unpaired) electrons. The third-order valence-electron chi connectivity index (χ3n) is 5.79. The smallest absolute Gasteiger partial charge is 0.325 e. The molecule has 0 unspecified atom stereocenters. The molecule has 0 saturated carbocycles. The van der Waals surface area contributed by atoms with Gasteiger partial charge in [0.15, 0.2) is 0 Å². The van der Waals surface area contributed by atoms with E-state index in [1.165, 1.54) is 0 Å². The van der Waals surface area contributed by atoms with Gasteiger partial charge in [0.1, 0.15) is 12.1 Å². The Morgan fingerprint density at radius 1 is 1.23 bits per heavy atom. The fourth-order valence-electron chi connectivity index (χ4n) is 4.49. The Bertz CT molecular complexity index is 1010. The van der Waals surface area contributed by atoms with Crippen LogP contribution in [0.15, 0.2) is 48.5 Å². The van der Waals surface area contributed by atoms with Crippen molar-refractivity contribution >= 4 is 29.4 Å². The minimum atomic E-state index is -1.06.